The van der Waals surface area contributed by atoms with Crippen LogP contribution in [0, 0.1) is 5.41 Å². The molecule has 0 bridgehead atoms. The number of hydrogen-bond acceptors (Lipinski definition) is 3. The Hall–Kier alpha value is -1.22. The molecule has 3 nitrogen and oxygen atoms in total. The van der Waals surface area contributed by atoms with Gasteiger partial charge in [0.2, 0.25) is 0 Å². The maximum absolute atomic E-state index is 9.01. The third kappa shape index (κ3) is 4.14. The van der Waals surface area contributed by atoms with Gasteiger partial charge in [-0.2, -0.15) is 0 Å². The summed E-state index contributed by atoms with van der Waals surface area (Å²) in [5, 5.41) is 16.4. The van der Waals surface area contributed by atoms with Crippen molar-refractivity contribution >= 4 is 18.3 Å². The minimum atomic E-state index is 0. The van der Waals surface area contributed by atoms with E-state index in [1.165, 1.54) is 0 Å². The standard InChI is InChI=1S/C10H13NO2.ClH/c1-2-13-10(11)7-8-3-5-9(12)6-4-8;/h3-6,11-12H,2,7H2,1H3;1H. The summed E-state index contributed by atoms with van der Waals surface area (Å²) in [7, 11) is 0. The number of halogens is 1. The molecule has 2 N–H and O–H groups in total. The van der Waals surface area contributed by atoms with Crippen LogP contribution in [0.1, 0.15) is 12.5 Å². The van der Waals surface area contributed by atoms with E-state index in [4.69, 9.17) is 15.3 Å². The molecule has 0 aliphatic carbocycles. The summed E-state index contributed by atoms with van der Waals surface area (Å²) in [5.41, 5.74) is 0.969. The molecule has 0 aliphatic heterocycles. The molecule has 0 heterocycles. The molecule has 0 aromatic heterocycles. The third-order valence-electron chi connectivity index (χ3n) is 1.62. The van der Waals surface area contributed by atoms with Crippen molar-refractivity contribution in [1.82, 2.24) is 0 Å². The molecule has 0 saturated heterocycles. The molecule has 0 unspecified atom stereocenters. The van der Waals surface area contributed by atoms with E-state index in [0.717, 1.165) is 5.56 Å². The Morgan fingerprint density at radius 2 is 1.93 bits per heavy atom. The topological polar surface area (TPSA) is 53.3 Å². The summed E-state index contributed by atoms with van der Waals surface area (Å²) in [6.45, 7) is 2.38. The molecule has 0 amide bonds. The number of ether oxygens (including phenoxy) is 1. The highest BCUT2D eigenvalue weighted by Crippen LogP contribution is 2.10. The van der Waals surface area contributed by atoms with Crippen molar-refractivity contribution < 1.29 is 9.84 Å². The summed E-state index contributed by atoms with van der Waals surface area (Å²) in [6, 6.07) is 6.77. The van der Waals surface area contributed by atoms with Crippen molar-refractivity contribution in [1.29, 1.82) is 5.41 Å². The van der Waals surface area contributed by atoms with Crippen molar-refractivity contribution in [2.45, 2.75) is 13.3 Å². The van der Waals surface area contributed by atoms with Gasteiger partial charge in [-0.1, -0.05) is 12.1 Å². The van der Waals surface area contributed by atoms with Crippen molar-refractivity contribution in [2.75, 3.05) is 6.61 Å². The SMILES string of the molecule is CCOC(=N)Cc1ccc(O)cc1.Cl. The summed E-state index contributed by atoms with van der Waals surface area (Å²) >= 11 is 0. The van der Waals surface area contributed by atoms with E-state index >= 15 is 0 Å². The summed E-state index contributed by atoms with van der Waals surface area (Å²) in [5.74, 6) is 0.500. The monoisotopic (exact) mass is 215 g/mol. The average Bonchev–Trinajstić information content (AvgIpc) is 2.09. The van der Waals surface area contributed by atoms with E-state index in [2.05, 4.69) is 0 Å². The van der Waals surface area contributed by atoms with Gasteiger partial charge in [0, 0.05) is 6.42 Å². The molecule has 78 valence electrons. The van der Waals surface area contributed by atoms with Gasteiger partial charge in [-0.3, -0.25) is 5.41 Å². The summed E-state index contributed by atoms with van der Waals surface area (Å²) in [6.07, 6.45) is 0.480. The number of rotatable bonds is 3. The quantitative estimate of drug-likeness (QED) is 0.601. The zero-order valence-electron chi connectivity index (χ0n) is 7.99. The second-order valence-corrected chi connectivity index (χ2v) is 2.70. The molecular weight excluding hydrogens is 202 g/mol. The zero-order chi connectivity index (χ0) is 9.68. The van der Waals surface area contributed by atoms with E-state index in [-0.39, 0.29) is 24.1 Å². The van der Waals surface area contributed by atoms with E-state index < -0.39 is 0 Å². The smallest absolute Gasteiger partial charge is 0.184 e. The molecule has 1 rings (SSSR count). The molecule has 0 spiro atoms. The first-order chi connectivity index (χ1) is 6.22. The van der Waals surface area contributed by atoms with Gasteiger partial charge in [-0.05, 0) is 24.6 Å². The Balaban J connectivity index is 0.00000169. The van der Waals surface area contributed by atoms with Crippen molar-refractivity contribution in [3.63, 3.8) is 0 Å². The molecule has 1 aromatic rings. The van der Waals surface area contributed by atoms with Crippen LogP contribution < -0.4 is 0 Å². The van der Waals surface area contributed by atoms with Gasteiger partial charge in [0.25, 0.3) is 0 Å². The second-order valence-electron chi connectivity index (χ2n) is 2.70. The first-order valence-electron chi connectivity index (χ1n) is 4.20. The minimum Gasteiger partial charge on any atom is -0.508 e. The highest BCUT2D eigenvalue weighted by Gasteiger charge is 1.99. The van der Waals surface area contributed by atoms with E-state index in [1.54, 1.807) is 24.3 Å². The molecule has 0 radical (unpaired) electrons. The lowest BCUT2D eigenvalue weighted by atomic mass is 10.1. The molecule has 0 atom stereocenters. The fourth-order valence-corrected chi connectivity index (χ4v) is 1.02. The van der Waals surface area contributed by atoms with Gasteiger partial charge < -0.3 is 9.84 Å². The summed E-state index contributed by atoms with van der Waals surface area (Å²) < 4.78 is 5.00. The van der Waals surface area contributed by atoms with Gasteiger partial charge in [-0.15, -0.1) is 12.4 Å². The molecule has 0 fully saturated rings. The maximum atomic E-state index is 9.01. The third-order valence-corrected chi connectivity index (χ3v) is 1.62. The number of phenols is 1. The van der Waals surface area contributed by atoms with Gasteiger partial charge >= 0.3 is 0 Å². The van der Waals surface area contributed by atoms with Crippen LogP contribution in [0.25, 0.3) is 0 Å². The first kappa shape index (κ1) is 12.8. The van der Waals surface area contributed by atoms with Crippen LogP contribution in [-0.4, -0.2) is 17.6 Å². The van der Waals surface area contributed by atoms with Crippen LogP contribution >= 0.6 is 12.4 Å². The zero-order valence-corrected chi connectivity index (χ0v) is 8.80. The van der Waals surface area contributed by atoms with Crippen molar-refractivity contribution in [3.8, 4) is 5.75 Å². The lowest BCUT2D eigenvalue weighted by Crippen LogP contribution is -2.06. The van der Waals surface area contributed by atoms with Crippen LogP contribution in [0.5, 0.6) is 5.75 Å². The van der Waals surface area contributed by atoms with Gasteiger partial charge in [0.15, 0.2) is 5.90 Å². The second kappa shape index (κ2) is 6.27. The lowest BCUT2D eigenvalue weighted by molar-refractivity contribution is 0.317. The van der Waals surface area contributed by atoms with Crippen LogP contribution in [0.3, 0.4) is 0 Å². The Bertz CT molecular complexity index is 285. The Morgan fingerprint density at radius 3 is 2.43 bits per heavy atom. The van der Waals surface area contributed by atoms with Gasteiger partial charge in [-0.25, -0.2) is 0 Å². The number of phenolic OH excluding ortho intramolecular Hbond substituents is 1. The van der Waals surface area contributed by atoms with Crippen LogP contribution in [0.4, 0.5) is 0 Å². The fraction of sp³-hybridized carbons (Fsp3) is 0.300. The van der Waals surface area contributed by atoms with Gasteiger partial charge in [0.1, 0.15) is 5.75 Å². The van der Waals surface area contributed by atoms with Crippen LogP contribution in [0.2, 0.25) is 0 Å². The molecule has 0 aliphatic rings. The highest BCUT2D eigenvalue weighted by atomic mass is 35.5. The minimum absolute atomic E-state index is 0. The predicted octanol–water partition coefficient (Wildman–Crippen LogP) is 2.37. The van der Waals surface area contributed by atoms with E-state index in [9.17, 15) is 0 Å². The van der Waals surface area contributed by atoms with Gasteiger partial charge in [0.05, 0.1) is 6.61 Å². The summed E-state index contributed by atoms with van der Waals surface area (Å²) in [4.78, 5) is 0. The Labute approximate surface area is 89.6 Å². The Kier molecular flexibility index (Phi) is 5.72. The highest BCUT2D eigenvalue weighted by molar-refractivity contribution is 5.85. The molecule has 1 aromatic carbocycles. The van der Waals surface area contributed by atoms with Crippen molar-refractivity contribution in [2.24, 2.45) is 0 Å². The number of hydrogen-bond donors (Lipinski definition) is 2. The predicted molar refractivity (Wildman–Crippen MR) is 58.4 cm³/mol. The molecule has 4 heteroatoms. The first-order valence-corrected chi connectivity index (χ1v) is 4.20. The van der Waals surface area contributed by atoms with E-state index in [1.807, 2.05) is 6.92 Å². The molecular formula is C10H14ClNO2. The largest absolute Gasteiger partial charge is 0.508 e. The van der Waals surface area contributed by atoms with Crippen LogP contribution in [0.15, 0.2) is 24.3 Å². The maximum Gasteiger partial charge on any atom is 0.184 e. The van der Waals surface area contributed by atoms with Crippen LogP contribution in [-0.2, 0) is 11.2 Å². The number of nitrogens with one attached hydrogen (secondary N) is 1. The molecule has 14 heavy (non-hydrogen) atoms. The fourth-order valence-electron chi connectivity index (χ4n) is 1.02. The normalized spacial score (nSPS) is 8.93. The average molecular weight is 216 g/mol. The van der Waals surface area contributed by atoms with Crippen molar-refractivity contribution in [3.05, 3.63) is 29.8 Å². The van der Waals surface area contributed by atoms with E-state index in [0.29, 0.717) is 13.0 Å². The number of benzene rings is 1. The molecule has 0 saturated carbocycles. The number of aromatic hydroxyl groups is 1. The Morgan fingerprint density at radius 1 is 1.36 bits per heavy atom. The lowest BCUT2D eigenvalue weighted by Gasteiger charge is -2.04.